The van der Waals surface area contributed by atoms with E-state index in [1.165, 1.54) is 23.1 Å². The molecule has 39 heavy (non-hydrogen) atoms. The fourth-order valence-electron chi connectivity index (χ4n) is 4.05. The number of hydrogen-bond acceptors (Lipinski definition) is 4. The van der Waals surface area contributed by atoms with Crippen LogP contribution in [0.15, 0.2) is 72.8 Å². The van der Waals surface area contributed by atoms with Crippen LogP contribution < -0.4 is 9.62 Å². The maximum absolute atomic E-state index is 14.0. The van der Waals surface area contributed by atoms with Crippen molar-refractivity contribution in [2.24, 2.45) is 0 Å². The minimum atomic E-state index is -3.93. The molecule has 0 aliphatic carbocycles. The van der Waals surface area contributed by atoms with Gasteiger partial charge in [-0.15, -0.1) is 0 Å². The summed E-state index contributed by atoms with van der Waals surface area (Å²) in [7, 11) is -3.93. The molecule has 0 aromatic heterocycles. The number of sulfonamides is 1. The Morgan fingerprint density at radius 2 is 1.51 bits per heavy atom. The minimum Gasteiger partial charge on any atom is -0.354 e. The Bertz CT molecular complexity index is 1380. The topological polar surface area (TPSA) is 86.8 Å². The quantitative estimate of drug-likeness (QED) is 0.290. The van der Waals surface area contributed by atoms with E-state index in [2.05, 4.69) is 5.32 Å². The standard InChI is InChI=1S/C28H30Cl3N3O4S/c1-3-12-32-28(36)26(14-20-8-5-4-6-9-20)33(18-21-10-7-11-22(29)13-21)27(35)19-34(39(2,37)38)25-16-23(30)15-24(31)17-25/h4-11,13,15-17,26H,3,12,14,18-19H2,1-2H3,(H,32,36). The smallest absolute Gasteiger partial charge is 0.244 e. The van der Waals surface area contributed by atoms with Crippen molar-refractivity contribution in [1.29, 1.82) is 0 Å². The summed E-state index contributed by atoms with van der Waals surface area (Å²) >= 11 is 18.5. The molecule has 0 spiro atoms. The summed E-state index contributed by atoms with van der Waals surface area (Å²) in [5.74, 6) is -0.920. The Kier molecular flexibility index (Phi) is 11.1. The van der Waals surface area contributed by atoms with Crippen molar-refractivity contribution in [3.8, 4) is 0 Å². The first kappa shape index (κ1) is 30.8. The Hall–Kier alpha value is -2.78. The average Bonchev–Trinajstić information content (AvgIpc) is 2.87. The molecule has 0 aliphatic heterocycles. The van der Waals surface area contributed by atoms with Gasteiger partial charge in [-0.25, -0.2) is 8.42 Å². The SMILES string of the molecule is CCCNC(=O)C(Cc1ccccc1)N(Cc1cccc(Cl)c1)C(=O)CN(c1cc(Cl)cc(Cl)c1)S(C)(=O)=O. The molecule has 3 aromatic rings. The van der Waals surface area contributed by atoms with Crippen molar-refractivity contribution in [2.75, 3.05) is 23.7 Å². The molecule has 11 heteroatoms. The molecule has 0 fully saturated rings. The highest BCUT2D eigenvalue weighted by molar-refractivity contribution is 7.92. The van der Waals surface area contributed by atoms with Crippen LogP contribution in [0.25, 0.3) is 0 Å². The first-order valence-corrected chi connectivity index (χ1v) is 15.3. The third-order valence-electron chi connectivity index (χ3n) is 5.88. The number of anilines is 1. The van der Waals surface area contributed by atoms with Gasteiger partial charge in [0.2, 0.25) is 21.8 Å². The number of nitrogens with zero attached hydrogens (tertiary/aromatic N) is 2. The van der Waals surface area contributed by atoms with Crippen LogP contribution in [0.4, 0.5) is 5.69 Å². The van der Waals surface area contributed by atoms with E-state index >= 15 is 0 Å². The van der Waals surface area contributed by atoms with Gasteiger partial charge in [0.25, 0.3) is 0 Å². The highest BCUT2D eigenvalue weighted by atomic mass is 35.5. The maximum Gasteiger partial charge on any atom is 0.244 e. The molecule has 7 nitrogen and oxygen atoms in total. The maximum atomic E-state index is 14.0. The van der Waals surface area contributed by atoms with Crippen molar-refractivity contribution < 1.29 is 18.0 Å². The van der Waals surface area contributed by atoms with Gasteiger partial charge in [0.1, 0.15) is 12.6 Å². The number of rotatable bonds is 12. The molecule has 3 rings (SSSR count). The van der Waals surface area contributed by atoms with Gasteiger partial charge >= 0.3 is 0 Å². The van der Waals surface area contributed by atoms with E-state index in [1.807, 2.05) is 37.3 Å². The van der Waals surface area contributed by atoms with Gasteiger partial charge in [-0.1, -0.05) is 84.2 Å². The molecule has 0 heterocycles. The minimum absolute atomic E-state index is 0.0321. The van der Waals surface area contributed by atoms with E-state index in [9.17, 15) is 18.0 Å². The van der Waals surface area contributed by atoms with E-state index in [0.717, 1.165) is 16.1 Å². The number of amides is 2. The van der Waals surface area contributed by atoms with E-state index in [-0.39, 0.29) is 34.6 Å². The summed E-state index contributed by atoms with van der Waals surface area (Å²) in [4.78, 5) is 28.8. The summed E-state index contributed by atoms with van der Waals surface area (Å²) in [5.41, 5.74) is 1.68. The number of hydrogen-bond donors (Lipinski definition) is 1. The second-order valence-corrected chi connectivity index (χ2v) is 12.3. The van der Waals surface area contributed by atoms with Crippen LogP contribution in [0.2, 0.25) is 15.1 Å². The lowest BCUT2D eigenvalue weighted by Crippen LogP contribution is -2.53. The Morgan fingerprint density at radius 1 is 0.872 bits per heavy atom. The van der Waals surface area contributed by atoms with Crippen LogP contribution in [0.1, 0.15) is 24.5 Å². The molecule has 0 aliphatic rings. The Balaban J connectivity index is 2.06. The van der Waals surface area contributed by atoms with Crippen molar-refractivity contribution >= 4 is 62.3 Å². The summed E-state index contributed by atoms with van der Waals surface area (Å²) in [6.07, 6.45) is 1.93. The Labute approximate surface area is 244 Å². The number of carbonyl (C=O) groups is 2. The second-order valence-electron chi connectivity index (χ2n) is 9.05. The lowest BCUT2D eigenvalue weighted by atomic mass is 10.0. The molecule has 1 unspecified atom stereocenters. The van der Waals surface area contributed by atoms with Crippen molar-refractivity contribution in [2.45, 2.75) is 32.4 Å². The Morgan fingerprint density at radius 3 is 2.10 bits per heavy atom. The van der Waals surface area contributed by atoms with E-state index in [1.54, 1.807) is 24.3 Å². The molecule has 0 bridgehead atoms. The van der Waals surface area contributed by atoms with E-state index in [4.69, 9.17) is 34.8 Å². The zero-order valence-corrected chi connectivity index (χ0v) is 24.7. The van der Waals surface area contributed by atoms with E-state index < -0.39 is 28.5 Å². The third kappa shape index (κ3) is 9.14. The molecule has 2 amide bonds. The predicted octanol–water partition coefficient (Wildman–Crippen LogP) is 5.58. The van der Waals surface area contributed by atoms with Crippen LogP contribution in [-0.2, 0) is 32.6 Å². The molecule has 3 aromatic carbocycles. The van der Waals surface area contributed by atoms with Gasteiger partial charge < -0.3 is 10.2 Å². The highest BCUT2D eigenvalue weighted by Crippen LogP contribution is 2.27. The first-order chi connectivity index (χ1) is 18.5. The first-order valence-electron chi connectivity index (χ1n) is 12.3. The van der Waals surface area contributed by atoms with E-state index in [0.29, 0.717) is 23.6 Å². The van der Waals surface area contributed by atoms with Gasteiger partial charge in [-0.2, -0.15) is 0 Å². The zero-order chi connectivity index (χ0) is 28.6. The molecular formula is C28H30Cl3N3O4S. The van der Waals surface area contributed by atoms with Crippen molar-refractivity contribution in [3.05, 3.63) is 99.0 Å². The molecular weight excluding hydrogens is 581 g/mol. The summed E-state index contributed by atoms with van der Waals surface area (Å²) in [6, 6.07) is 19.7. The monoisotopic (exact) mass is 609 g/mol. The second kappa shape index (κ2) is 14.0. The van der Waals surface area contributed by atoms with Crippen LogP contribution in [0.5, 0.6) is 0 Å². The molecule has 1 N–H and O–H groups in total. The summed E-state index contributed by atoms with van der Waals surface area (Å²) in [5, 5.41) is 3.80. The molecule has 0 saturated carbocycles. The molecule has 0 saturated heterocycles. The largest absolute Gasteiger partial charge is 0.354 e. The molecule has 0 radical (unpaired) electrons. The van der Waals surface area contributed by atoms with Gasteiger partial charge in [0, 0.05) is 34.6 Å². The third-order valence-corrected chi connectivity index (χ3v) is 7.69. The fraction of sp³-hybridized carbons (Fsp3) is 0.286. The van der Waals surface area contributed by atoms with Crippen LogP contribution in [0, 0.1) is 0 Å². The number of halogens is 3. The fourth-order valence-corrected chi connectivity index (χ4v) is 5.61. The summed E-state index contributed by atoms with van der Waals surface area (Å²) < 4.78 is 26.6. The average molecular weight is 611 g/mol. The highest BCUT2D eigenvalue weighted by Gasteiger charge is 2.33. The van der Waals surface area contributed by atoms with Crippen LogP contribution in [-0.4, -0.2) is 50.5 Å². The lowest BCUT2D eigenvalue weighted by molar-refractivity contribution is -0.140. The van der Waals surface area contributed by atoms with Crippen LogP contribution >= 0.6 is 34.8 Å². The number of benzene rings is 3. The summed E-state index contributed by atoms with van der Waals surface area (Å²) in [6.45, 7) is 1.83. The van der Waals surface area contributed by atoms with Gasteiger partial charge in [0.15, 0.2) is 0 Å². The van der Waals surface area contributed by atoms with Gasteiger partial charge in [-0.3, -0.25) is 13.9 Å². The van der Waals surface area contributed by atoms with Crippen LogP contribution in [0.3, 0.4) is 0 Å². The number of carbonyl (C=O) groups excluding carboxylic acids is 2. The normalized spacial score (nSPS) is 12.0. The van der Waals surface area contributed by atoms with Gasteiger partial charge in [-0.05, 0) is 47.9 Å². The van der Waals surface area contributed by atoms with Crippen molar-refractivity contribution in [1.82, 2.24) is 10.2 Å². The molecule has 208 valence electrons. The molecule has 1 atom stereocenters. The van der Waals surface area contributed by atoms with Crippen molar-refractivity contribution in [3.63, 3.8) is 0 Å². The zero-order valence-electron chi connectivity index (χ0n) is 21.6. The predicted molar refractivity (Wildman–Crippen MR) is 158 cm³/mol. The lowest BCUT2D eigenvalue weighted by Gasteiger charge is -2.33. The van der Waals surface area contributed by atoms with Gasteiger partial charge in [0.05, 0.1) is 11.9 Å². The number of nitrogens with one attached hydrogen (secondary N) is 1.